The molecule has 0 N–H and O–H groups in total. The Morgan fingerprint density at radius 1 is 1.00 bits per heavy atom. The van der Waals surface area contributed by atoms with E-state index in [0.29, 0.717) is 58.5 Å². The number of halogens is 3. The molecule has 0 bridgehead atoms. The Morgan fingerprint density at radius 3 is 2.55 bits per heavy atom. The van der Waals surface area contributed by atoms with Crippen molar-refractivity contribution in [1.29, 1.82) is 0 Å². The van der Waals surface area contributed by atoms with Gasteiger partial charge in [0.25, 0.3) is 0 Å². The number of morpholine rings is 1. The minimum absolute atomic E-state index is 0.0309. The Bertz CT molecular complexity index is 1250. The van der Waals surface area contributed by atoms with Crippen LogP contribution in [0.1, 0.15) is 19.4 Å². The molecular formula is C27H31F3N6O2. The summed E-state index contributed by atoms with van der Waals surface area (Å²) in [7, 11) is 0. The Balaban J connectivity index is 1.46. The summed E-state index contributed by atoms with van der Waals surface area (Å²) in [5.41, 5.74) is 0.953. The number of hydrogen-bond donors (Lipinski definition) is 0. The van der Waals surface area contributed by atoms with Crippen LogP contribution in [0.5, 0.6) is 5.75 Å². The summed E-state index contributed by atoms with van der Waals surface area (Å²) < 4.78 is 52.1. The maximum atomic E-state index is 13.6. The van der Waals surface area contributed by atoms with E-state index in [-0.39, 0.29) is 11.9 Å². The average molecular weight is 529 g/mol. The van der Waals surface area contributed by atoms with Crippen molar-refractivity contribution in [2.75, 3.05) is 67.2 Å². The molecule has 2 fully saturated rings. The zero-order valence-electron chi connectivity index (χ0n) is 21.5. The van der Waals surface area contributed by atoms with Gasteiger partial charge in [0.1, 0.15) is 17.4 Å². The van der Waals surface area contributed by atoms with E-state index in [1.165, 1.54) is 12.3 Å². The summed E-state index contributed by atoms with van der Waals surface area (Å²) in [6.07, 6.45) is -3.06. The SMILES string of the molecule is CCOc1cccc(-c2cc(N3CCN(c4ncccc4C(F)(F)F)C[C@H]3C)nc(N3CCOCC3)n2)c1. The second-order valence-electron chi connectivity index (χ2n) is 9.33. The van der Waals surface area contributed by atoms with Crippen molar-refractivity contribution in [3.05, 3.63) is 54.2 Å². The molecule has 2 aliphatic rings. The van der Waals surface area contributed by atoms with Crippen molar-refractivity contribution < 1.29 is 22.6 Å². The first-order valence-electron chi connectivity index (χ1n) is 12.8. The topological polar surface area (TPSA) is 66.9 Å². The van der Waals surface area contributed by atoms with Crippen LogP contribution in [0.3, 0.4) is 0 Å². The van der Waals surface area contributed by atoms with Gasteiger partial charge in [-0.25, -0.2) is 9.97 Å². The molecule has 38 heavy (non-hydrogen) atoms. The zero-order valence-corrected chi connectivity index (χ0v) is 21.5. The minimum atomic E-state index is -4.46. The van der Waals surface area contributed by atoms with Crippen LogP contribution in [-0.4, -0.2) is 73.5 Å². The van der Waals surface area contributed by atoms with Crippen LogP contribution >= 0.6 is 0 Å². The fourth-order valence-electron chi connectivity index (χ4n) is 4.89. The number of ether oxygens (including phenoxy) is 2. The molecule has 0 spiro atoms. The molecule has 3 aromatic rings. The normalized spacial score (nSPS) is 18.6. The van der Waals surface area contributed by atoms with Crippen molar-refractivity contribution in [3.8, 4) is 17.0 Å². The Labute approximate surface area is 220 Å². The van der Waals surface area contributed by atoms with Crippen LogP contribution in [0.25, 0.3) is 11.3 Å². The van der Waals surface area contributed by atoms with E-state index >= 15 is 0 Å². The van der Waals surface area contributed by atoms with Gasteiger partial charge in [0.05, 0.1) is 31.1 Å². The highest BCUT2D eigenvalue weighted by atomic mass is 19.4. The number of nitrogens with zero attached hydrogens (tertiary/aromatic N) is 6. The highest BCUT2D eigenvalue weighted by molar-refractivity contribution is 5.67. The van der Waals surface area contributed by atoms with E-state index in [2.05, 4.69) is 14.8 Å². The fourth-order valence-corrected chi connectivity index (χ4v) is 4.89. The molecule has 0 amide bonds. The predicted molar refractivity (Wildman–Crippen MR) is 140 cm³/mol. The number of hydrogen-bond acceptors (Lipinski definition) is 8. The Kier molecular flexibility index (Phi) is 7.55. The molecule has 0 unspecified atom stereocenters. The maximum Gasteiger partial charge on any atom is 0.419 e. The van der Waals surface area contributed by atoms with Gasteiger partial charge in [-0.1, -0.05) is 12.1 Å². The van der Waals surface area contributed by atoms with Gasteiger partial charge in [0.15, 0.2) is 0 Å². The molecule has 0 radical (unpaired) electrons. The van der Waals surface area contributed by atoms with Crippen molar-refractivity contribution >= 4 is 17.6 Å². The van der Waals surface area contributed by atoms with Gasteiger partial charge in [-0.2, -0.15) is 18.2 Å². The van der Waals surface area contributed by atoms with Crippen LogP contribution in [0, 0.1) is 0 Å². The summed E-state index contributed by atoms with van der Waals surface area (Å²) in [5.74, 6) is 2.08. The van der Waals surface area contributed by atoms with Crippen molar-refractivity contribution in [2.45, 2.75) is 26.1 Å². The number of pyridine rings is 1. The van der Waals surface area contributed by atoms with Crippen LogP contribution in [0.15, 0.2) is 48.7 Å². The van der Waals surface area contributed by atoms with Crippen LogP contribution in [0.4, 0.5) is 30.8 Å². The second kappa shape index (κ2) is 11.0. The monoisotopic (exact) mass is 528 g/mol. The molecule has 1 aromatic carbocycles. The Hall–Kier alpha value is -3.60. The number of rotatable bonds is 6. The molecule has 8 nitrogen and oxygen atoms in total. The lowest BCUT2D eigenvalue weighted by atomic mass is 10.1. The van der Waals surface area contributed by atoms with Gasteiger partial charge in [0, 0.05) is 56.6 Å². The summed E-state index contributed by atoms with van der Waals surface area (Å²) >= 11 is 0. The molecule has 2 aromatic heterocycles. The molecule has 2 saturated heterocycles. The van der Waals surface area contributed by atoms with Gasteiger partial charge >= 0.3 is 6.18 Å². The summed E-state index contributed by atoms with van der Waals surface area (Å²) in [5, 5.41) is 0. The molecular weight excluding hydrogens is 497 g/mol. The molecule has 5 rings (SSSR count). The summed E-state index contributed by atoms with van der Waals surface area (Å²) in [6, 6.07) is 12.0. The molecule has 11 heteroatoms. The number of anilines is 3. The first-order chi connectivity index (χ1) is 18.3. The minimum Gasteiger partial charge on any atom is -0.494 e. The fraction of sp³-hybridized carbons (Fsp3) is 0.444. The molecule has 202 valence electrons. The van der Waals surface area contributed by atoms with Crippen LogP contribution < -0.4 is 19.4 Å². The average Bonchev–Trinajstić information content (AvgIpc) is 2.93. The molecule has 0 aliphatic carbocycles. The quantitative estimate of drug-likeness (QED) is 0.463. The highest BCUT2D eigenvalue weighted by Gasteiger charge is 2.37. The van der Waals surface area contributed by atoms with Crippen LogP contribution in [0.2, 0.25) is 0 Å². The maximum absolute atomic E-state index is 13.6. The molecule has 1 atom stereocenters. The van der Waals surface area contributed by atoms with Crippen LogP contribution in [-0.2, 0) is 10.9 Å². The lowest BCUT2D eigenvalue weighted by molar-refractivity contribution is -0.137. The van der Waals surface area contributed by atoms with Gasteiger partial charge in [-0.15, -0.1) is 0 Å². The molecule has 2 aliphatic heterocycles. The lowest BCUT2D eigenvalue weighted by Gasteiger charge is -2.42. The van der Waals surface area contributed by atoms with E-state index in [4.69, 9.17) is 19.4 Å². The third-order valence-corrected chi connectivity index (χ3v) is 6.75. The standard InChI is InChI=1S/C27H31F3N6O2/c1-3-38-21-7-4-6-20(16-21)23-17-24(33-26(32-23)34-12-14-37-15-13-34)36-11-10-35(18-19(36)2)25-22(27(28,29)30)8-5-9-31-25/h4-9,16-17,19H,3,10-15,18H2,1-2H3/t19-/m1/s1. The number of aromatic nitrogens is 3. The first kappa shape index (κ1) is 26.0. The summed E-state index contributed by atoms with van der Waals surface area (Å²) in [4.78, 5) is 19.8. The van der Waals surface area contributed by atoms with Gasteiger partial charge < -0.3 is 24.2 Å². The molecule has 4 heterocycles. The van der Waals surface area contributed by atoms with E-state index in [9.17, 15) is 13.2 Å². The van der Waals surface area contributed by atoms with Gasteiger partial charge in [0.2, 0.25) is 5.95 Å². The van der Waals surface area contributed by atoms with E-state index < -0.39 is 11.7 Å². The van der Waals surface area contributed by atoms with Gasteiger partial charge in [-0.05, 0) is 38.1 Å². The van der Waals surface area contributed by atoms with Crippen molar-refractivity contribution in [1.82, 2.24) is 15.0 Å². The highest BCUT2D eigenvalue weighted by Crippen LogP contribution is 2.36. The van der Waals surface area contributed by atoms with Crippen molar-refractivity contribution in [3.63, 3.8) is 0 Å². The van der Waals surface area contributed by atoms with E-state index in [1.807, 2.05) is 44.2 Å². The van der Waals surface area contributed by atoms with E-state index in [1.54, 1.807) is 4.90 Å². The Morgan fingerprint density at radius 2 is 1.82 bits per heavy atom. The third-order valence-electron chi connectivity index (χ3n) is 6.75. The van der Waals surface area contributed by atoms with E-state index in [0.717, 1.165) is 28.9 Å². The van der Waals surface area contributed by atoms with Gasteiger partial charge in [-0.3, -0.25) is 0 Å². The largest absolute Gasteiger partial charge is 0.494 e. The third kappa shape index (κ3) is 5.62. The first-order valence-corrected chi connectivity index (χ1v) is 12.8. The van der Waals surface area contributed by atoms with Crippen molar-refractivity contribution in [2.24, 2.45) is 0 Å². The smallest absolute Gasteiger partial charge is 0.419 e. The zero-order chi connectivity index (χ0) is 26.7. The summed E-state index contributed by atoms with van der Waals surface area (Å²) in [6.45, 7) is 8.33. The number of benzene rings is 1. The number of alkyl halides is 3. The number of piperazine rings is 1. The lowest BCUT2D eigenvalue weighted by Crippen LogP contribution is -2.53. The molecule has 0 saturated carbocycles. The predicted octanol–water partition coefficient (Wildman–Crippen LogP) is 4.51. The second-order valence-corrected chi connectivity index (χ2v) is 9.33.